The molecule has 0 fully saturated rings. The van der Waals surface area contributed by atoms with Gasteiger partial charge in [-0.25, -0.2) is 0 Å². The fourth-order valence-corrected chi connectivity index (χ4v) is 1.83. The number of hydrogen-bond acceptors (Lipinski definition) is 4. The van der Waals surface area contributed by atoms with E-state index in [9.17, 15) is 9.59 Å². The first-order valence-corrected chi connectivity index (χ1v) is 6.36. The van der Waals surface area contributed by atoms with Crippen molar-refractivity contribution in [2.75, 3.05) is 7.11 Å². The van der Waals surface area contributed by atoms with Crippen molar-refractivity contribution in [3.63, 3.8) is 0 Å². The minimum absolute atomic E-state index is 0.111. The molecule has 1 rings (SSSR count). The van der Waals surface area contributed by atoms with E-state index in [1.807, 2.05) is 31.2 Å². The van der Waals surface area contributed by atoms with Crippen LogP contribution in [0.4, 0.5) is 0 Å². The SMILES string of the molecule is COc1ccccc1[C@H](C)NC(=O)C(N)CCC(=O)O. The first-order chi connectivity index (χ1) is 9.45. The molecule has 1 aromatic rings. The summed E-state index contributed by atoms with van der Waals surface area (Å²) >= 11 is 0. The Kier molecular flexibility index (Phi) is 5.99. The maximum absolute atomic E-state index is 11.9. The van der Waals surface area contributed by atoms with Gasteiger partial charge in [0.25, 0.3) is 0 Å². The molecule has 1 amide bonds. The number of benzene rings is 1. The Balaban J connectivity index is 2.63. The zero-order valence-corrected chi connectivity index (χ0v) is 11.6. The lowest BCUT2D eigenvalue weighted by Gasteiger charge is -2.19. The number of aliphatic carboxylic acids is 1. The maximum atomic E-state index is 11.9. The predicted octanol–water partition coefficient (Wildman–Crippen LogP) is 1.06. The number of carbonyl (C=O) groups excluding carboxylic acids is 1. The predicted molar refractivity (Wildman–Crippen MR) is 74.4 cm³/mol. The molecule has 0 saturated carbocycles. The number of rotatable bonds is 7. The van der Waals surface area contributed by atoms with E-state index in [1.54, 1.807) is 7.11 Å². The molecule has 0 heterocycles. The second-order valence-electron chi connectivity index (χ2n) is 4.51. The van der Waals surface area contributed by atoms with Crippen molar-refractivity contribution in [2.24, 2.45) is 5.73 Å². The van der Waals surface area contributed by atoms with Crippen LogP contribution < -0.4 is 15.8 Å². The van der Waals surface area contributed by atoms with Gasteiger partial charge in [-0.1, -0.05) is 18.2 Å². The van der Waals surface area contributed by atoms with Crippen molar-refractivity contribution < 1.29 is 19.4 Å². The highest BCUT2D eigenvalue weighted by molar-refractivity contribution is 5.82. The standard InChI is InChI=1S/C14H20N2O4/c1-9(10-5-3-4-6-12(10)20-2)16-14(19)11(15)7-8-13(17)18/h3-6,9,11H,7-8,15H2,1-2H3,(H,16,19)(H,17,18)/t9-,11?/m0/s1. The summed E-state index contributed by atoms with van der Waals surface area (Å²) in [5, 5.41) is 11.3. The Morgan fingerprint density at radius 3 is 2.65 bits per heavy atom. The molecule has 0 radical (unpaired) electrons. The van der Waals surface area contributed by atoms with E-state index in [0.717, 1.165) is 5.56 Å². The third-order valence-electron chi connectivity index (χ3n) is 2.97. The average molecular weight is 280 g/mol. The Labute approximate surface area is 117 Å². The smallest absolute Gasteiger partial charge is 0.303 e. The highest BCUT2D eigenvalue weighted by atomic mass is 16.5. The molecule has 0 aliphatic heterocycles. The molecule has 0 spiro atoms. The van der Waals surface area contributed by atoms with Gasteiger partial charge in [0, 0.05) is 12.0 Å². The van der Waals surface area contributed by atoms with Gasteiger partial charge < -0.3 is 20.9 Å². The molecule has 6 nitrogen and oxygen atoms in total. The molecule has 0 saturated heterocycles. The van der Waals surface area contributed by atoms with Crippen LogP contribution in [0, 0.1) is 0 Å². The maximum Gasteiger partial charge on any atom is 0.303 e. The summed E-state index contributed by atoms with van der Waals surface area (Å²) in [5.41, 5.74) is 6.50. The number of para-hydroxylation sites is 1. The quantitative estimate of drug-likeness (QED) is 0.693. The number of methoxy groups -OCH3 is 1. The van der Waals surface area contributed by atoms with Gasteiger partial charge in [0.15, 0.2) is 0 Å². The molecule has 0 aliphatic carbocycles. The molecule has 4 N–H and O–H groups in total. The van der Waals surface area contributed by atoms with Crippen LogP contribution >= 0.6 is 0 Å². The average Bonchev–Trinajstić information content (AvgIpc) is 2.44. The molecule has 1 unspecified atom stereocenters. The third-order valence-corrected chi connectivity index (χ3v) is 2.97. The number of hydrogen-bond donors (Lipinski definition) is 3. The Morgan fingerprint density at radius 1 is 1.40 bits per heavy atom. The highest BCUT2D eigenvalue weighted by Crippen LogP contribution is 2.24. The van der Waals surface area contributed by atoms with E-state index >= 15 is 0 Å². The van der Waals surface area contributed by atoms with Crippen LogP contribution in [-0.4, -0.2) is 30.1 Å². The van der Waals surface area contributed by atoms with Gasteiger partial charge in [-0.15, -0.1) is 0 Å². The van der Waals surface area contributed by atoms with Gasteiger partial charge in [0.05, 0.1) is 19.2 Å². The highest BCUT2D eigenvalue weighted by Gasteiger charge is 2.19. The Bertz CT molecular complexity index is 476. The lowest BCUT2D eigenvalue weighted by Crippen LogP contribution is -2.41. The number of ether oxygens (including phenoxy) is 1. The minimum atomic E-state index is -0.967. The van der Waals surface area contributed by atoms with E-state index in [4.69, 9.17) is 15.6 Å². The van der Waals surface area contributed by atoms with Crippen molar-refractivity contribution in [2.45, 2.75) is 31.8 Å². The normalized spacial score (nSPS) is 13.3. The number of nitrogens with two attached hydrogens (primary N) is 1. The number of carboxylic acid groups (broad SMARTS) is 1. The van der Waals surface area contributed by atoms with Crippen LogP contribution in [0.25, 0.3) is 0 Å². The van der Waals surface area contributed by atoms with Gasteiger partial charge in [0.2, 0.25) is 5.91 Å². The second-order valence-corrected chi connectivity index (χ2v) is 4.51. The molecular weight excluding hydrogens is 260 g/mol. The summed E-state index contributed by atoms with van der Waals surface area (Å²) in [4.78, 5) is 22.3. The van der Waals surface area contributed by atoms with Gasteiger partial charge in [-0.05, 0) is 19.4 Å². The molecule has 2 atom stereocenters. The van der Waals surface area contributed by atoms with Gasteiger partial charge in [0.1, 0.15) is 5.75 Å². The fraction of sp³-hybridized carbons (Fsp3) is 0.429. The Hall–Kier alpha value is -2.08. The molecular formula is C14H20N2O4. The summed E-state index contributed by atoms with van der Waals surface area (Å²) in [6.45, 7) is 1.82. The summed E-state index contributed by atoms with van der Waals surface area (Å²) in [7, 11) is 1.56. The van der Waals surface area contributed by atoms with Crippen molar-refractivity contribution in [1.82, 2.24) is 5.32 Å². The van der Waals surface area contributed by atoms with Crippen LogP contribution in [0.2, 0.25) is 0 Å². The largest absolute Gasteiger partial charge is 0.496 e. The number of carbonyl (C=O) groups is 2. The molecule has 110 valence electrons. The van der Waals surface area contributed by atoms with Crippen LogP contribution in [0.15, 0.2) is 24.3 Å². The van der Waals surface area contributed by atoms with E-state index in [0.29, 0.717) is 5.75 Å². The molecule has 0 bridgehead atoms. The molecule has 1 aromatic carbocycles. The number of amides is 1. The first kappa shape index (κ1) is 16.0. The van der Waals surface area contributed by atoms with Crippen molar-refractivity contribution in [3.05, 3.63) is 29.8 Å². The van der Waals surface area contributed by atoms with Crippen molar-refractivity contribution in [1.29, 1.82) is 0 Å². The third kappa shape index (κ3) is 4.55. The van der Waals surface area contributed by atoms with E-state index in [-0.39, 0.29) is 24.8 Å². The molecule has 0 aromatic heterocycles. The topological polar surface area (TPSA) is 102 Å². The number of carboxylic acids is 1. The van der Waals surface area contributed by atoms with Crippen LogP contribution in [0.3, 0.4) is 0 Å². The van der Waals surface area contributed by atoms with Gasteiger partial charge >= 0.3 is 5.97 Å². The van der Waals surface area contributed by atoms with Gasteiger partial charge in [-0.2, -0.15) is 0 Å². The molecule has 20 heavy (non-hydrogen) atoms. The summed E-state index contributed by atoms with van der Waals surface area (Å²) in [6, 6.07) is 6.26. The monoisotopic (exact) mass is 280 g/mol. The van der Waals surface area contributed by atoms with E-state index < -0.39 is 12.0 Å². The number of nitrogens with one attached hydrogen (secondary N) is 1. The van der Waals surface area contributed by atoms with Crippen LogP contribution in [0.5, 0.6) is 5.75 Å². The summed E-state index contributed by atoms with van der Waals surface area (Å²) in [6.07, 6.45) is -0.0164. The lowest BCUT2D eigenvalue weighted by atomic mass is 10.1. The summed E-state index contributed by atoms with van der Waals surface area (Å²) < 4.78 is 5.23. The second kappa shape index (κ2) is 7.49. The summed E-state index contributed by atoms with van der Waals surface area (Å²) in [5.74, 6) is -0.657. The van der Waals surface area contributed by atoms with Crippen molar-refractivity contribution >= 4 is 11.9 Å². The van der Waals surface area contributed by atoms with Crippen LogP contribution in [0.1, 0.15) is 31.4 Å². The first-order valence-electron chi connectivity index (χ1n) is 6.36. The Morgan fingerprint density at radius 2 is 2.05 bits per heavy atom. The minimum Gasteiger partial charge on any atom is -0.496 e. The zero-order valence-electron chi connectivity index (χ0n) is 11.6. The van der Waals surface area contributed by atoms with E-state index in [1.165, 1.54) is 0 Å². The molecule has 0 aliphatic rings. The fourth-order valence-electron chi connectivity index (χ4n) is 1.83. The molecule has 6 heteroatoms. The van der Waals surface area contributed by atoms with Gasteiger partial charge in [-0.3, -0.25) is 9.59 Å². The zero-order chi connectivity index (χ0) is 15.1. The van der Waals surface area contributed by atoms with Crippen LogP contribution in [-0.2, 0) is 9.59 Å². The van der Waals surface area contributed by atoms with E-state index in [2.05, 4.69) is 5.32 Å². The van der Waals surface area contributed by atoms with Crippen molar-refractivity contribution in [3.8, 4) is 5.75 Å². The lowest BCUT2D eigenvalue weighted by molar-refractivity contribution is -0.137.